The molecule has 6 nitrogen and oxygen atoms in total. The molecule has 6 heteroatoms. The third-order valence-electron chi connectivity index (χ3n) is 3.63. The Balaban J connectivity index is 2.65. The second-order valence-corrected chi connectivity index (χ2v) is 5.69. The minimum atomic E-state index is -1.01. The molecule has 0 fully saturated rings. The molecule has 0 saturated heterocycles. The summed E-state index contributed by atoms with van der Waals surface area (Å²) in [5.74, 6) is -0.670. The van der Waals surface area contributed by atoms with Crippen LogP contribution in [0.3, 0.4) is 0 Å². The average Bonchev–Trinajstić information content (AvgIpc) is 2.75. The summed E-state index contributed by atoms with van der Waals surface area (Å²) in [5.41, 5.74) is 6.01. The second-order valence-electron chi connectivity index (χ2n) is 5.69. The van der Waals surface area contributed by atoms with Gasteiger partial charge in [0.1, 0.15) is 11.3 Å². The molecule has 0 spiro atoms. The van der Waals surface area contributed by atoms with Crippen LogP contribution >= 0.6 is 0 Å². The van der Waals surface area contributed by atoms with Crippen molar-refractivity contribution in [3.05, 3.63) is 29.6 Å². The van der Waals surface area contributed by atoms with E-state index in [0.717, 1.165) is 5.82 Å². The van der Waals surface area contributed by atoms with E-state index in [9.17, 15) is 14.7 Å². The highest BCUT2D eigenvalue weighted by Crippen LogP contribution is 2.25. The zero-order valence-corrected chi connectivity index (χ0v) is 12.4. The highest BCUT2D eigenvalue weighted by Gasteiger charge is 2.28. The molecule has 1 amide bonds. The molecule has 21 heavy (non-hydrogen) atoms. The molecule has 1 aromatic heterocycles. The number of fused-ring (bicyclic) bond motifs is 1. The fourth-order valence-electron chi connectivity index (χ4n) is 2.29. The molecule has 0 unspecified atom stereocenters. The monoisotopic (exact) mass is 289 g/mol. The number of amides is 1. The van der Waals surface area contributed by atoms with Crippen molar-refractivity contribution in [2.24, 2.45) is 11.1 Å². The summed E-state index contributed by atoms with van der Waals surface area (Å²) in [4.78, 5) is 27.3. The van der Waals surface area contributed by atoms with Crippen LogP contribution in [-0.4, -0.2) is 26.5 Å². The number of aromatic nitrogens is 2. The number of primary amides is 1. The van der Waals surface area contributed by atoms with Gasteiger partial charge in [0.2, 0.25) is 5.91 Å². The van der Waals surface area contributed by atoms with Gasteiger partial charge in [-0.1, -0.05) is 13.0 Å². The van der Waals surface area contributed by atoms with Gasteiger partial charge in [-0.2, -0.15) is 0 Å². The van der Waals surface area contributed by atoms with Crippen molar-refractivity contribution in [1.82, 2.24) is 9.55 Å². The smallest absolute Gasteiger partial charge is 0.337 e. The molecule has 2 aromatic rings. The lowest BCUT2D eigenvalue weighted by Gasteiger charge is -2.22. The zero-order chi connectivity index (χ0) is 15.8. The molecular weight excluding hydrogens is 270 g/mol. The molecule has 0 atom stereocenters. The fraction of sp³-hybridized carbons (Fsp3) is 0.400. The van der Waals surface area contributed by atoms with Crippen LogP contribution in [0.4, 0.5) is 0 Å². The van der Waals surface area contributed by atoms with Gasteiger partial charge < -0.3 is 15.4 Å². The van der Waals surface area contributed by atoms with Crippen molar-refractivity contribution in [2.75, 3.05) is 0 Å². The number of carbonyl (C=O) groups excluding carboxylic acids is 1. The van der Waals surface area contributed by atoms with Crippen molar-refractivity contribution >= 4 is 22.9 Å². The summed E-state index contributed by atoms with van der Waals surface area (Å²) in [5, 5.41) is 9.25. The second kappa shape index (κ2) is 5.20. The number of imidazole rings is 1. The van der Waals surface area contributed by atoms with Crippen LogP contribution < -0.4 is 5.73 Å². The van der Waals surface area contributed by atoms with E-state index in [0.29, 0.717) is 24.0 Å². The number of nitrogens with two attached hydrogens (primary N) is 1. The van der Waals surface area contributed by atoms with E-state index in [1.165, 1.54) is 6.07 Å². The first kappa shape index (κ1) is 15.0. The van der Waals surface area contributed by atoms with E-state index in [2.05, 4.69) is 4.98 Å². The number of carboxylic acids is 1. The van der Waals surface area contributed by atoms with Gasteiger partial charge in [-0.05, 0) is 26.0 Å². The minimum Gasteiger partial charge on any atom is -0.478 e. The first-order valence-corrected chi connectivity index (χ1v) is 6.79. The van der Waals surface area contributed by atoms with Gasteiger partial charge in [0, 0.05) is 13.0 Å². The lowest BCUT2D eigenvalue weighted by atomic mass is 9.92. The van der Waals surface area contributed by atoms with E-state index in [-0.39, 0.29) is 5.56 Å². The van der Waals surface area contributed by atoms with Crippen LogP contribution in [0.15, 0.2) is 18.2 Å². The topological polar surface area (TPSA) is 98.2 Å². The Kier molecular flexibility index (Phi) is 3.72. The van der Waals surface area contributed by atoms with Crippen molar-refractivity contribution in [1.29, 1.82) is 0 Å². The molecule has 0 radical (unpaired) electrons. The summed E-state index contributed by atoms with van der Waals surface area (Å²) in [6, 6.07) is 5.02. The molecule has 0 aliphatic rings. The maximum absolute atomic E-state index is 11.6. The Labute approximate surface area is 122 Å². The predicted molar refractivity (Wildman–Crippen MR) is 79.0 cm³/mol. The number of carbonyl (C=O) groups is 2. The Hall–Kier alpha value is -2.37. The maximum atomic E-state index is 11.6. The number of aryl methyl sites for hydroxylation is 1. The van der Waals surface area contributed by atoms with Crippen LogP contribution in [0.25, 0.3) is 11.0 Å². The number of carboxylic acid groups (broad SMARTS) is 1. The normalized spacial score (nSPS) is 11.8. The van der Waals surface area contributed by atoms with Gasteiger partial charge in [0.05, 0.1) is 16.5 Å². The van der Waals surface area contributed by atoms with Gasteiger partial charge in [0.25, 0.3) is 0 Å². The highest BCUT2D eigenvalue weighted by atomic mass is 16.4. The standard InChI is InChI=1S/C15H19N3O3/c1-4-11-17-12-9(13(19)20)6-5-7-10(12)18(11)8-15(2,3)14(16)21/h5-7H,4,8H2,1-3H3,(H2,16,21)(H,19,20). The molecule has 1 heterocycles. The van der Waals surface area contributed by atoms with E-state index < -0.39 is 17.3 Å². The Morgan fingerprint density at radius 2 is 2.05 bits per heavy atom. The summed E-state index contributed by atoms with van der Waals surface area (Å²) < 4.78 is 1.88. The van der Waals surface area contributed by atoms with Gasteiger partial charge in [-0.25, -0.2) is 9.78 Å². The summed E-state index contributed by atoms with van der Waals surface area (Å²) >= 11 is 0. The number of benzene rings is 1. The molecule has 0 saturated carbocycles. The predicted octanol–water partition coefficient (Wildman–Crippen LogP) is 1.81. The van der Waals surface area contributed by atoms with Crippen molar-refractivity contribution in [3.8, 4) is 0 Å². The summed E-state index contributed by atoms with van der Waals surface area (Å²) in [7, 11) is 0. The Morgan fingerprint density at radius 3 is 2.57 bits per heavy atom. The van der Waals surface area contributed by atoms with Crippen LogP contribution in [0.5, 0.6) is 0 Å². The van der Waals surface area contributed by atoms with Gasteiger partial charge in [-0.15, -0.1) is 0 Å². The number of para-hydroxylation sites is 1. The fourth-order valence-corrected chi connectivity index (χ4v) is 2.29. The molecule has 0 aliphatic heterocycles. The van der Waals surface area contributed by atoms with Crippen molar-refractivity contribution < 1.29 is 14.7 Å². The lowest BCUT2D eigenvalue weighted by molar-refractivity contribution is -0.126. The Bertz CT molecular complexity index is 716. The van der Waals surface area contributed by atoms with Crippen molar-refractivity contribution in [2.45, 2.75) is 33.7 Å². The Morgan fingerprint density at radius 1 is 1.38 bits per heavy atom. The lowest BCUT2D eigenvalue weighted by Crippen LogP contribution is -2.35. The number of hydrogen-bond acceptors (Lipinski definition) is 3. The SMILES string of the molecule is CCc1nc2c(C(=O)O)cccc2n1CC(C)(C)C(N)=O. The summed E-state index contributed by atoms with van der Waals surface area (Å²) in [6.07, 6.45) is 0.641. The quantitative estimate of drug-likeness (QED) is 0.877. The van der Waals surface area contributed by atoms with Crippen LogP contribution in [0.1, 0.15) is 37.0 Å². The molecule has 112 valence electrons. The van der Waals surface area contributed by atoms with E-state index in [4.69, 9.17) is 5.73 Å². The molecule has 2 rings (SSSR count). The van der Waals surface area contributed by atoms with Gasteiger partial charge in [0.15, 0.2) is 0 Å². The van der Waals surface area contributed by atoms with Crippen LogP contribution in [0.2, 0.25) is 0 Å². The number of hydrogen-bond donors (Lipinski definition) is 2. The highest BCUT2D eigenvalue weighted by molar-refractivity contribution is 6.01. The number of aromatic carboxylic acids is 1. The minimum absolute atomic E-state index is 0.165. The number of rotatable bonds is 5. The maximum Gasteiger partial charge on any atom is 0.337 e. The molecular formula is C15H19N3O3. The van der Waals surface area contributed by atoms with Crippen LogP contribution in [0, 0.1) is 5.41 Å². The largest absolute Gasteiger partial charge is 0.478 e. The first-order valence-electron chi connectivity index (χ1n) is 6.79. The zero-order valence-electron chi connectivity index (χ0n) is 12.4. The van der Waals surface area contributed by atoms with E-state index in [1.807, 2.05) is 17.6 Å². The van der Waals surface area contributed by atoms with Crippen molar-refractivity contribution in [3.63, 3.8) is 0 Å². The van der Waals surface area contributed by atoms with E-state index in [1.54, 1.807) is 19.9 Å². The average molecular weight is 289 g/mol. The summed E-state index contributed by atoms with van der Waals surface area (Å²) in [6.45, 7) is 5.84. The third-order valence-corrected chi connectivity index (χ3v) is 3.63. The molecule has 3 N–H and O–H groups in total. The van der Waals surface area contributed by atoms with Gasteiger partial charge in [-0.3, -0.25) is 4.79 Å². The van der Waals surface area contributed by atoms with E-state index >= 15 is 0 Å². The van der Waals surface area contributed by atoms with Gasteiger partial charge >= 0.3 is 5.97 Å². The molecule has 0 aliphatic carbocycles. The molecule has 0 bridgehead atoms. The third kappa shape index (κ3) is 2.61. The van der Waals surface area contributed by atoms with Crippen LogP contribution in [-0.2, 0) is 17.8 Å². The molecule has 1 aromatic carbocycles. The number of nitrogens with zero attached hydrogens (tertiary/aromatic N) is 2. The first-order chi connectivity index (χ1) is 9.77.